The number of amides is 1. The number of carbonyl (C=O) groups is 3. The van der Waals surface area contributed by atoms with E-state index < -0.39 is 83.7 Å². The summed E-state index contributed by atoms with van der Waals surface area (Å²) < 4.78 is 38.6. The number of ether oxygens (including phenoxy) is 6. The first-order chi connectivity index (χ1) is 26.4. The first kappa shape index (κ1) is 43.5. The number of nitriles is 1. The van der Waals surface area contributed by atoms with Gasteiger partial charge in [0.2, 0.25) is 0 Å². The molecule has 2 bridgehead atoms. The molecule has 1 amide bonds. The van der Waals surface area contributed by atoms with Crippen LogP contribution in [0.5, 0.6) is 0 Å². The van der Waals surface area contributed by atoms with Crippen LogP contribution in [0.3, 0.4) is 0 Å². The van der Waals surface area contributed by atoms with Gasteiger partial charge in [-0.15, -0.1) is 0 Å². The SMILES string of the molecule is CC[C@H]1OC(=O)[C@H](C)[C@H]2OC/C(=N\OCc3ccc(C#N)cc3)CO[C@](C)(C[C@@H](C)C(=O)[C@H](C)[C@H]3NC(=O)O[C@@]31C)[C@H](O[C@@H]1O[C@H](C)C[C@H](N(C)C)[C@H]1O)[C@H]2C. The molecule has 4 aliphatic rings. The number of cyclic esters (lactones) is 1. The van der Waals surface area contributed by atoms with Crippen molar-refractivity contribution in [1.29, 1.82) is 5.26 Å². The second kappa shape index (κ2) is 17.9. The maximum Gasteiger partial charge on any atom is 0.408 e. The topological polar surface area (TPSA) is 187 Å². The van der Waals surface area contributed by atoms with Crippen LogP contribution in [0.15, 0.2) is 29.4 Å². The summed E-state index contributed by atoms with van der Waals surface area (Å²) in [5.41, 5.74) is -0.880. The number of fused-ring (bicyclic) bond motifs is 4. The Kier molecular flexibility index (Phi) is 13.9. The molecule has 5 rings (SSSR count). The number of aliphatic hydroxyl groups is 1. The number of alkyl carbamates (subject to hydrolysis) is 1. The Bertz CT molecular complexity index is 1630. The summed E-state index contributed by atoms with van der Waals surface area (Å²) in [4.78, 5) is 49.2. The average Bonchev–Trinajstić information content (AvgIpc) is 3.49. The lowest BCUT2D eigenvalue weighted by Gasteiger charge is -2.48. The van der Waals surface area contributed by atoms with Gasteiger partial charge in [-0.05, 0) is 78.7 Å². The number of hydrogen-bond donors (Lipinski definition) is 2. The van der Waals surface area contributed by atoms with Crippen molar-refractivity contribution in [3.63, 3.8) is 0 Å². The van der Waals surface area contributed by atoms with Crippen LogP contribution in [-0.2, 0) is 49.5 Å². The minimum atomic E-state index is -1.33. The zero-order chi connectivity index (χ0) is 41.1. The lowest BCUT2D eigenvalue weighted by Crippen LogP contribution is -2.60. The van der Waals surface area contributed by atoms with Gasteiger partial charge in [-0.2, -0.15) is 5.26 Å². The molecule has 310 valence electrons. The van der Waals surface area contributed by atoms with Crippen molar-refractivity contribution >= 4 is 23.6 Å². The Hall–Kier alpha value is -3.65. The number of hydrogen-bond acceptors (Lipinski definition) is 14. The number of esters is 1. The molecule has 0 radical (unpaired) electrons. The molecule has 2 N–H and O–H groups in total. The van der Waals surface area contributed by atoms with Gasteiger partial charge < -0.3 is 48.6 Å². The summed E-state index contributed by atoms with van der Waals surface area (Å²) in [6.45, 7) is 14.5. The van der Waals surface area contributed by atoms with Crippen molar-refractivity contribution in [2.24, 2.45) is 28.8 Å². The quantitative estimate of drug-likeness (QED) is 0.297. The molecule has 14 atom stereocenters. The largest absolute Gasteiger partial charge is 0.458 e. The van der Waals surface area contributed by atoms with Crippen molar-refractivity contribution in [2.45, 2.75) is 141 Å². The average molecular weight is 785 g/mol. The summed E-state index contributed by atoms with van der Waals surface area (Å²) in [6, 6.07) is 8.00. The standard InChI is InChI=1S/C41H60N4O11/c1-11-31-41(8)35(43-39(49)56-41)24(4)32(46)22(2)17-40(7)36(55-38-33(47)30(45(9)10)16-23(3)53-38)25(5)34(26(6)37(48)54-31)50-20-29(21-51-40)44-52-19-28-14-12-27(18-42)13-15-28/h12-15,22-26,30-31,33-36,38,47H,11,16-17,19-21H2,1-10H3,(H,43,49)/b44-29+/t22-,23-,24+,25+,26-,30+,31-,33-,34+,35-,36-,38+,40-,41-/m1/s1. The molecular formula is C41H60N4O11. The molecule has 0 aromatic heterocycles. The molecular weight excluding hydrogens is 724 g/mol. The van der Waals surface area contributed by atoms with Crippen LogP contribution < -0.4 is 5.32 Å². The molecule has 0 spiro atoms. The Morgan fingerprint density at radius 3 is 2.39 bits per heavy atom. The summed E-state index contributed by atoms with van der Waals surface area (Å²) in [7, 11) is 3.79. The van der Waals surface area contributed by atoms with Crippen LogP contribution in [0.25, 0.3) is 0 Å². The highest BCUT2D eigenvalue weighted by atomic mass is 16.7. The Morgan fingerprint density at radius 2 is 1.75 bits per heavy atom. The number of Topliss-reactive ketones (excluding diaryl/α,β-unsaturated/α-hetero) is 1. The van der Waals surface area contributed by atoms with Crippen LogP contribution in [-0.4, -0.2) is 121 Å². The molecule has 4 fully saturated rings. The van der Waals surface area contributed by atoms with E-state index in [1.54, 1.807) is 45.0 Å². The zero-order valence-corrected chi connectivity index (χ0v) is 34.4. The normalized spacial score (nSPS) is 40.6. The molecule has 1 aromatic carbocycles. The maximum absolute atomic E-state index is 14.5. The number of carbonyl (C=O) groups excluding carboxylic acids is 3. The maximum atomic E-state index is 14.5. The second-order valence-corrected chi connectivity index (χ2v) is 16.7. The highest BCUT2D eigenvalue weighted by Gasteiger charge is 2.57. The van der Waals surface area contributed by atoms with E-state index in [1.165, 1.54) is 0 Å². The first-order valence-electron chi connectivity index (χ1n) is 19.7. The van der Waals surface area contributed by atoms with Gasteiger partial charge in [0.05, 0.1) is 60.7 Å². The molecule has 4 aliphatic heterocycles. The van der Waals surface area contributed by atoms with Gasteiger partial charge in [-0.3, -0.25) is 9.59 Å². The Labute approximate surface area is 330 Å². The monoisotopic (exact) mass is 784 g/mol. The summed E-state index contributed by atoms with van der Waals surface area (Å²) in [5, 5.41) is 28.0. The van der Waals surface area contributed by atoms with Gasteiger partial charge in [-0.25, -0.2) is 4.79 Å². The van der Waals surface area contributed by atoms with Crippen LogP contribution in [0.2, 0.25) is 0 Å². The van der Waals surface area contributed by atoms with Crippen LogP contribution >= 0.6 is 0 Å². The van der Waals surface area contributed by atoms with Crippen molar-refractivity contribution < 1.29 is 52.7 Å². The fourth-order valence-corrected chi connectivity index (χ4v) is 8.97. The first-order valence-corrected chi connectivity index (χ1v) is 19.7. The summed E-state index contributed by atoms with van der Waals surface area (Å²) in [6.07, 6.45) is -4.63. The highest BCUT2D eigenvalue weighted by molar-refractivity contribution is 5.87. The van der Waals surface area contributed by atoms with Crippen LogP contribution in [0, 0.1) is 35.0 Å². The van der Waals surface area contributed by atoms with Gasteiger partial charge >= 0.3 is 12.1 Å². The van der Waals surface area contributed by atoms with Crippen molar-refractivity contribution in [2.75, 3.05) is 27.3 Å². The predicted molar refractivity (Wildman–Crippen MR) is 203 cm³/mol. The molecule has 0 aliphatic carbocycles. The van der Waals surface area contributed by atoms with Gasteiger partial charge in [-0.1, -0.05) is 45.0 Å². The van der Waals surface area contributed by atoms with E-state index in [1.807, 2.05) is 53.6 Å². The predicted octanol–water partition coefficient (Wildman–Crippen LogP) is 4.12. The minimum Gasteiger partial charge on any atom is -0.458 e. The molecule has 0 saturated carbocycles. The fourth-order valence-electron chi connectivity index (χ4n) is 8.97. The van der Waals surface area contributed by atoms with E-state index in [4.69, 9.17) is 33.3 Å². The van der Waals surface area contributed by atoms with E-state index in [0.29, 0.717) is 24.1 Å². The molecule has 1 aromatic rings. The number of nitrogens with one attached hydrogen (secondary N) is 1. The number of aliphatic hydroxyl groups excluding tert-OH is 1. The Balaban J connectivity index is 1.58. The Morgan fingerprint density at radius 1 is 1.05 bits per heavy atom. The molecule has 0 unspecified atom stereocenters. The summed E-state index contributed by atoms with van der Waals surface area (Å²) >= 11 is 0. The van der Waals surface area contributed by atoms with Gasteiger partial charge in [0.1, 0.15) is 30.3 Å². The molecule has 15 heteroatoms. The van der Waals surface area contributed by atoms with Gasteiger partial charge in [0.15, 0.2) is 11.9 Å². The number of rotatable bonds is 7. The molecule has 4 saturated heterocycles. The van der Waals surface area contributed by atoms with Crippen LogP contribution in [0.4, 0.5) is 4.79 Å². The van der Waals surface area contributed by atoms with Crippen molar-refractivity contribution in [3.05, 3.63) is 35.4 Å². The molecule has 56 heavy (non-hydrogen) atoms. The van der Waals surface area contributed by atoms with Crippen molar-refractivity contribution in [1.82, 2.24) is 10.2 Å². The van der Waals surface area contributed by atoms with E-state index >= 15 is 0 Å². The van der Waals surface area contributed by atoms with E-state index in [9.17, 15) is 24.8 Å². The highest BCUT2D eigenvalue weighted by Crippen LogP contribution is 2.42. The zero-order valence-electron chi connectivity index (χ0n) is 34.4. The number of oxime groups is 1. The second-order valence-electron chi connectivity index (χ2n) is 16.7. The third-order valence-corrected chi connectivity index (χ3v) is 12.2. The molecule has 15 nitrogen and oxygen atoms in total. The van der Waals surface area contributed by atoms with E-state index in [0.717, 1.165) is 5.56 Å². The van der Waals surface area contributed by atoms with E-state index in [-0.39, 0.29) is 44.2 Å². The lowest BCUT2D eigenvalue weighted by molar-refractivity contribution is -0.302. The fraction of sp³-hybridized carbons (Fsp3) is 0.732. The summed E-state index contributed by atoms with van der Waals surface area (Å²) in [5.74, 6) is -3.60. The van der Waals surface area contributed by atoms with Gasteiger partial charge in [0, 0.05) is 23.8 Å². The number of nitrogens with zero attached hydrogens (tertiary/aromatic N) is 3. The van der Waals surface area contributed by atoms with Crippen LogP contribution in [0.1, 0.15) is 85.8 Å². The van der Waals surface area contributed by atoms with Crippen molar-refractivity contribution in [3.8, 4) is 6.07 Å². The third-order valence-electron chi connectivity index (χ3n) is 12.2. The van der Waals surface area contributed by atoms with Gasteiger partial charge in [0.25, 0.3) is 0 Å². The molecule has 4 heterocycles. The van der Waals surface area contributed by atoms with E-state index in [2.05, 4.69) is 16.5 Å². The minimum absolute atomic E-state index is 0.0743. The smallest absolute Gasteiger partial charge is 0.408 e. The number of likely N-dealkylation sites (N-methyl/N-ethyl adjacent to an activating group) is 1. The third kappa shape index (κ3) is 9.22. The number of ketones is 1. The number of benzene rings is 1. The lowest BCUT2D eigenvalue weighted by atomic mass is 9.73.